The van der Waals surface area contributed by atoms with Crippen LogP contribution < -0.4 is 10.6 Å². The maximum atomic E-state index is 4.34. The summed E-state index contributed by atoms with van der Waals surface area (Å²) in [5.74, 6) is 1.54. The first-order chi connectivity index (χ1) is 10.4. The smallest absolute Gasteiger partial charge is 0.148 e. The second kappa shape index (κ2) is 7.18. The Kier molecular flexibility index (Phi) is 4.79. The number of nitrogens with one attached hydrogen (secondary N) is 2. The molecule has 1 unspecified atom stereocenters. The van der Waals surface area contributed by atoms with Gasteiger partial charge in [-0.05, 0) is 56.0 Å². The fourth-order valence-electron chi connectivity index (χ4n) is 2.75. The number of benzene rings is 1. The fourth-order valence-corrected chi connectivity index (χ4v) is 2.75. The molecular formula is C17H22N4. The highest BCUT2D eigenvalue weighted by molar-refractivity contribution is 5.34. The van der Waals surface area contributed by atoms with E-state index in [9.17, 15) is 0 Å². The first kappa shape index (κ1) is 14.0. The Balaban J connectivity index is 1.51. The molecule has 2 N–H and O–H groups in total. The lowest BCUT2D eigenvalue weighted by Gasteiger charge is -2.22. The van der Waals surface area contributed by atoms with Gasteiger partial charge >= 0.3 is 0 Å². The lowest BCUT2D eigenvalue weighted by molar-refractivity contribution is 0.373. The summed E-state index contributed by atoms with van der Waals surface area (Å²) in [4.78, 5) is 0. The zero-order valence-corrected chi connectivity index (χ0v) is 12.3. The number of hydrogen-bond acceptors (Lipinski definition) is 4. The van der Waals surface area contributed by atoms with Gasteiger partial charge in [-0.15, -0.1) is 5.10 Å². The Labute approximate surface area is 126 Å². The first-order valence-corrected chi connectivity index (χ1v) is 7.71. The monoisotopic (exact) mass is 282 g/mol. The number of rotatable bonds is 5. The third-order valence-corrected chi connectivity index (χ3v) is 3.93. The van der Waals surface area contributed by atoms with E-state index in [-0.39, 0.29) is 0 Å². The van der Waals surface area contributed by atoms with Gasteiger partial charge in [-0.3, -0.25) is 0 Å². The molecule has 2 heterocycles. The molecule has 0 bridgehead atoms. The molecular weight excluding hydrogens is 260 g/mol. The minimum atomic E-state index is 0.705. The van der Waals surface area contributed by atoms with Crippen LogP contribution in [0, 0.1) is 5.92 Å². The molecule has 0 spiro atoms. The van der Waals surface area contributed by atoms with Crippen molar-refractivity contribution in [2.75, 3.05) is 18.4 Å². The third kappa shape index (κ3) is 4.26. The molecule has 2 aromatic rings. The summed E-state index contributed by atoms with van der Waals surface area (Å²) in [5, 5.41) is 15.4. The van der Waals surface area contributed by atoms with Gasteiger partial charge in [0.15, 0.2) is 0 Å². The van der Waals surface area contributed by atoms with Crippen LogP contribution in [0.5, 0.6) is 0 Å². The summed E-state index contributed by atoms with van der Waals surface area (Å²) in [6.45, 7) is 3.04. The van der Waals surface area contributed by atoms with Crippen molar-refractivity contribution in [2.45, 2.75) is 25.8 Å². The molecule has 110 valence electrons. The highest BCUT2D eigenvalue weighted by Gasteiger charge is 2.14. The van der Waals surface area contributed by atoms with Gasteiger partial charge in [0.1, 0.15) is 5.82 Å². The van der Waals surface area contributed by atoms with Crippen LogP contribution >= 0.6 is 0 Å². The molecule has 4 nitrogen and oxygen atoms in total. The van der Waals surface area contributed by atoms with E-state index >= 15 is 0 Å². The number of nitrogens with zero attached hydrogens (tertiary/aromatic N) is 2. The van der Waals surface area contributed by atoms with E-state index in [1.165, 1.54) is 18.4 Å². The van der Waals surface area contributed by atoms with E-state index in [1.54, 1.807) is 0 Å². The molecule has 1 aromatic heterocycles. The summed E-state index contributed by atoms with van der Waals surface area (Å²) >= 11 is 0. The van der Waals surface area contributed by atoms with Gasteiger partial charge in [-0.1, -0.05) is 30.3 Å². The highest BCUT2D eigenvalue weighted by Crippen LogP contribution is 2.15. The van der Waals surface area contributed by atoms with Crippen LogP contribution in [0.25, 0.3) is 0 Å². The average Bonchev–Trinajstić information content (AvgIpc) is 2.56. The zero-order valence-electron chi connectivity index (χ0n) is 12.3. The van der Waals surface area contributed by atoms with Crippen LogP contribution in [0.15, 0.2) is 42.5 Å². The van der Waals surface area contributed by atoms with Crippen LogP contribution in [0.1, 0.15) is 24.1 Å². The Morgan fingerprint density at radius 3 is 2.71 bits per heavy atom. The van der Waals surface area contributed by atoms with Gasteiger partial charge in [0.05, 0.1) is 5.69 Å². The second-order valence-electron chi connectivity index (χ2n) is 5.67. The minimum Gasteiger partial charge on any atom is -0.365 e. The van der Waals surface area contributed by atoms with Gasteiger partial charge in [0.25, 0.3) is 0 Å². The molecule has 0 saturated carbocycles. The molecule has 0 radical (unpaired) electrons. The maximum Gasteiger partial charge on any atom is 0.148 e. The van der Waals surface area contributed by atoms with Gasteiger partial charge in [0.2, 0.25) is 0 Å². The SMILES string of the molecule is c1ccc(CNc2ccc(CC3CCCNC3)nn2)cc1. The Morgan fingerprint density at radius 1 is 1.10 bits per heavy atom. The molecule has 21 heavy (non-hydrogen) atoms. The summed E-state index contributed by atoms with van der Waals surface area (Å²) < 4.78 is 0. The topological polar surface area (TPSA) is 49.8 Å². The summed E-state index contributed by atoms with van der Waals surface area (Å²) in [5.41, 5.74) is 2.34. The van der Waals surface area contributed by atoms with Crippen molar-refractivity contribution in [1.29, 1.82) is 0 Å². The fraction of sp³-hybridized carbons (Fsp3) is 0.412. The standard InChI is InChI=1S/C17H22N4/c1-2-5-14(6-3-1)13-19-17-9-8-16(20-21-17)11-15-7-4-10-18-12-15/h1-3,5-6,8-9,15,18H,4,7,10-13H2,(H,19,21). The van der Waals surface area contributed by atoms with Crippen molar-refractivity contribution in [3.8, 4) is 0 Å². The molecule has 1 fully saturated rings. The quantitative estimate of drug-likeness (QED) is 0.885. The van der Waals surface area contributed by atoms with E-state index < -0.39 is 0 Å². The summed E-state index contributed by atoms with van der Waals surface area (Å²) in [7, 11) is 0. The van der Waals surface area contributed by atoms with E-state index in [0.29, 0.717) is 5.92 Å². The number of piperidine rings is 1. The summed E-state index contributed by atoms with van der Waals surface area (Å²) in [6, 6.07) is 14.4. The minimum absolute atomic E-state index is 0.705. The van der Waals surface area contributed by atoms with E-state index in [1.807, 2.05) is 24.3 Å². The van der Waals surface area contributed by atoms with Crippen LogP contribution in [0.4, 0.5) is 5.82 Å². The maximum absolute atomic E-state index is 4.34. The predicted octanol–water partition coefficient (Wildman–Crippen LogP) is 2.63. The second-order valence-corrected chi connectivity index (χ2v) is 5.67. The predicted molar refractivity (Wildman–Crippen MR) is 85.1 cm³/mol. The largest absolute Gasteiger partial charge is 0.365 e. The van der Waals surface area contributed by atoms with Crippen LogP contribution in [0.2, 0.25) is 0 Å². The van der Waals surface area contributed by atoms with E-state index in [4.69, 9.17) is 0 Å². The molecule has 0 aliphatic carbocycles. The molecule has 4 heteroatoms. The van der Waals surface area contributed by atoms with Gasteiger partial charge in [-0.25, -0.2) is 0 Å². The zero-order chi connectivity index (χ0) is 14.3. The van der Waals surface area contributed by atoms with Crippen LogP contribution in [-0.2, 0) is 13.0 Å². The molecule has 1 aromatic carbocycles. The normalized spacial score (nSPS) is 18.4. The third-order valence-electron chi connectivity index (χ3n) is 3.93. The van der Waals surface area contributed by atoms with Crippen molar-refractivity contribution >= 4 is 5.82 Å². The molecule has 0 amide bonds. The molecule has 1 atom stereocenters. The number of aromatic nitrogens is 2. The first-order valence-electron chi connectivity index (χ1n) is 7.71. The lowest BCUT2D eigenvalue weighted by Crippen LogP contribution is -2.31. The number of hydrogen-bond donors (Lipinski definition) is 2. The Hall–Kier alpha value is -1.94. The van der Waals surface area contributed by atoms with Gasteiger partial charge in [-0.2, -0.15) is 5.10 Å². The van der Waals surface area contributed by atoms with Crippen molar-refractivity contribution in [3.63, 3.8) is 0 Å². The van der Waals surface area contributed by atoms with Crippen molar-refractivity contribution in [2.24, 2.45) is 5.92 Å². The van der Waals surface area contributed by atoms with Crippen molar-refractivity contribution < 1.29 is 0 Å². The van der Waals surface area contributed by atoms with Gasteiger partial charge in [0, 0.05) is 6.54 Å². The lowest BCUT2D eigenvalue weighted by atomic mass is 9.95. The molecule has 1 aliphatic heterocycles. The van der Waals surface area contributed by atoms with Gasteiger partial charge < -0.3 is 10.6 Å². The van der Waals surface area contributed by atoms with Crippen LogP contribution in [0.3, 0.4) is 0 Å². The van der Waals surface area contributed by atoms with Crippen molar-refractivity contribution in [3.05, 3.63) is 53.7 Å². The highest BCUT2D eigenvalue weighted by atomic mass is 15.2. The van der Waals surface area contributed by atoms with Crippen LogP contribution in [-0.4, -0.2) is 23.3 Å². The number of anilines is 1. The summed E-state index contributed by atoms with van der Waals surface area (Å²) in [6.07, 6.45) is 3.59. The molecule has 1 aliphatic rings. The van der Waals surface area contributed by atoms with E-state index in [2.05, 4.69) is 39.0 Å². The average molecular weight is 282 g/mol. The van der Waals surface area contributed by atoms with E-state index in [0.717, 1.165) is 37.6 Å². The Morgan fingerprint density at radius 2 is 2.00 bits per heavy atom. The Bertz CT molecular complexity index is 532. The molecule has 1 saturated heterocycles. The molecule has 3 rings (SSSR count). The van der Waals surface area contributed by atoms with Crippen molar-refractivity contribution in [1.82, 2.24) is 15.5 Å².